The SMILES string of the molecule is CC(C)(CN1CCC1)OC=O. The molecule has 0 atom stereocenters. The third-order valence-electron chi connectivity index (χ3n) is 1.92. The van der Waals surface area contributed by atoms with Crippen LogP contribution in [-0.4, -0.2) is 36.6 Å². The van der Waals surface area contributed by atoms with E-state index in [1.807, 2.05) is 13.8 Å². The Morgan fingerprint density at radius 3 is 2.55 bits per heavy atom. The molecule has 0 bridgehead atoms. The molecule has 64 valence electrons. The van der Waals surface area contributed by atoms with E-state index in [-0.39, 0.29) is 5.60 Å². The average Bonchev–Trinajstić information content (AvgIpc) is 1.79. The van der Waals surface area contributed by atoms with Gasteiger partial charge in [0.1, 0.15) is 5.60 Å². The van der Waals surface area contributed by atoms with E-state index in [1.165, 1.54) is 6.42 Å². The van der Waals surface area contributed by atoms with Crippen LogP contribution in [0.5, 0.6) is 0 Å². The zero-order chi connectivity index (χ0) is 8.32. The fourth-order valence-corrected chi connectivity index (χ4v) is 1.25. The second-order valence-electron chi connectivity index (χ2n) is 3.60. The molecule has 0 unspecified atom stereocenters. The predicted molar refractivity (Wildman–Crippen MR) is 42.3 cm³/mol. The minimum absolute atomic E-state index is 0.317. The fraction of sp³-hybridized carbons (Fsp3) is 0.875. The lowest BCUT2D eigenvalue weighted by Crippen LogP contribution is -2.47. The molecule has 0 aromatic rings. The van der Waals surface area contributed by atoms with Gasteiger partial charge in [0.05, 0.1) is 0 Å². The molecule has 3 heteroatoms. The highest BCUT2D eigenvalue weighted by Gasteiger charge is 2.25. The molecule has 0 aromatic carbocycles. The van der Waals surface area contributed by atoms with E-state index < -0.39 is 0 Å². The minimum Gasteiger partial charge on any atom is -0.461 e. The number of hydrogen-bond donors (Lipinski definition) is 0. The van der Waals surface area contributed by atoms with Crippen molar-refractivity contribution in [2.45, 2.75) is 25.9 Å². The molecule has 0 amide bonds. The van der Waals surface area contributed by atoms with Crippen molar-refractivity contribution in [1.82, 2.24) is 4.90 Å². The minimum atomic E-state index is -0.317. The quantitative estimate of drug-likeness (QED) is 0.561. The first-order chi connectivity index (χ1) is 5.14. The molecule has 0 spiro atoms. The lowest BCUT2D eigenvalue weighted by Gasteiger charge is -2.36. The summed E-state index contributed by atoms with van der Waals surface area (Å²) in [6, 6.07) is 0. The second-order valence-corrected chi connectivity index (χ2v) is 3.60. The van der Waals surface area contributed by atoms with Gasteiger partial charge in [0.15, 0.2) is 0 Å². The van der Waals surface area contributed by atoms with E-state index in [9.17, 15) is 4.79 Å². The molecule has 3 nitrogen and oxygen atoms in total. The Bertz CT molecular complexity index is 141. The van der Waals surface area contributed by atoms with Gasteiger partial charge in [-0.15, -0.1) is 0 Å². The molecule has 0 saturated carbocycles. The molecule has 1 rings (SSSR count). The first-order valence-corrected chi connectivity index (χ1v) is 3.98. The van der Waals surface area contributed by atoms with E-state index in [0.717, 1.165) is 19.6 Å². The van der Waals surface area contributed by atoms with Crippen molar-refractivity contribution in [3.8, 4) is 0 Å². The number of hydrogen-bond acceptors (Lipinski definition) is 3. The van der Waals surface area contributed by atoms with Gasteiger partial charge in [0, 0.05) is 6.54 Å². The molecular formula is C8H15NO2. The van der Waals surface area contributed by atoms with Crippen molar-refractivity contribution in [2.75, 3.05) is 19.6 Å². The summed E-state index contributed by atoms with van der Waals surface area (Å²) < 4.78 is 4.91. The summed E-state index contributed by atoms with van der Waals surface area (Å²) >= 11 is 0. The normalized spacial score (nSPS) is 19.1. The lowest BCUT2D eigenvalue weighted by atomic mass is 10.1. The molecule has 0 N–H and O–H groups in total. The standard InChI is InChI=1S/C8H15NO2/c1-8(2,11-7-10)6-9-4-3-5-9/h7H,3-6H2,1-2H3. The van der Waals surface area contributed by atoms with Crippen molar-refractivity contribution in [3.63, 3.8) is 0 Å². The van der Waals surface area contributed by atoms with Gasteiger partial charge in [-0.25, -0.2) is 0 Å². The van der Waals surface area contributed by atoms with Crippen LogP contribution >= 0.6 is 0 Å². The summed E-state index contributed by atoms with van der Waals surface area (Å²) in [5.74, 6) is 0. The smallest absolute Gasteiger partial charge is 0.293 e. The Balaban J connectivity index is 2.25. The molecule has 0 aliphatic carbocycles. The van der Waals surface area contributed by atoms with Crippen LogP contribution in [0, 0.1) is 0 Å². The molecule has 1 aliphatic heterocycles. The Hall–Kier alpha value is -0.570. The largest absolute Gasteiger partial charge is 0.461 e. The highest BCUT2D eigenvalue weighted by molar-refractivity contribution is 5.38. The first-order valence-electron chi connectivity index (χ1n) is 3.98. The molecule has 11 heavy (non-hydrogen) atoms. The van der Waals surface area contributed by atoms with Gasteiger partial charge in [-0.05, 0) is 33.4 Å². The van der Waals surface area contributed by atoms with Gasteiger partial charge in [0.25, 0.3) is 6.47 Å². The summed E-state index contributed by atoms with van der Waals surface area (Å²) in [6.45, 7) is 7.53. The molecule has 1 fully saturated rings. The van der Waals surface area contributed by atoms with Gasteiger partial charge >= 0.3 is 0 Å². The van der Waals surface area contributed by atoms with Crippen molar-refractivity contribution in [1.29, 1.82) is 0 Å². The molecular weight excluding hydrogens is 142 g/mol. The van der Waals surface area contributed by atoms with Crippen LogP contribution in [-0.2, 0) is 9.53 Å². The van der Waals surface area contributed by atoms with Gasteiger partial charge in [-0.3, -0.25) is 9.69 Å². The van der Waals surface area contributed by atoms with Gasteiger partial charge in [-0.2, -0.15) is 0 Å². The predicted octanol–water partition coefficient (Wildman–Crippen LogP) is 0.644. The zero-order valence-electron chi connectivity index (χ0n) is 7.17. The highest BCUT2D eigenvalue weighted by atomic mass is 16.5. The summed E-state index contributed by atoms with van der Waals surface area (Å²) in [6.07, 6.45) is 1.27. The van der Waals surface area contributed by atoms with Crippen LogP contribution in [0.3, 0.4) is 0 Å². The fourth-order valence-electron chi connectivity index (χ4n) is 1.25. The third-order valence-corrected chi connectivity index (χ3v) is 1.92. The van der Waals surface area contributed by atoms with Crippen molar-refractivity contribution in [2.24, 2.45) is 0 Å². The number of carbonyl (C=O) groups is 1. The van der Waals surface area contributed by atoms with E-state index in [2.05, 4.69) is 4.90 Å². The van der Waals surface area contributed by atoms with Crippen LogP contribution in [0.25, 0.3) is 0 Å². The number of likely N-dealkylation sites (tertiary alicyclic amines) is 1. The topological polar surface area (TPSA) is 29.5 Å². The first kappa shape index (κ1) is 8.53. The maximum atomic E-state index is 10.1. The maximum absolute atomic E-state index is 10.1. The Morgan fingerprint density at radius 2 is 2.18 bits per heavy atom. The number of ether oxygens (including phenoxy) is 1. The third kappa shape index (κ3) is 2.50. The Morgan fingerprint density at radius 1 is 1.55 bits per heavy atom. The lowest BCUT2D eigenvalue weighted by molar-refractivity contribution is -0.142. The van der Waals surface area contributed by atoms with Crippen LogP contribution in [0.4, 0.5) is 0 Å². The zero-order valence-corrected chi connectivity index (χ0v) is 7.17. The Labute approximate surface area is 67.3 Å². The second kappa shape index (κ2) is 3.22. The average molecular weight is 157 g/mol. The van der Waals surface area contributed by atoms with E-state index in [0.29, 0.717) is 6.47 Å². The van der Waals surface area contributed by atoms with Crippen LogP contribution in [0.1, 0.15) is 20.3 Å². The van der Waals surface area contributed by atoms with Crippen LogP contribution in [0.2, 0.25) is 0 Å². The molecule has 0 aromatic heterocycles. The van der Waals surface area contributed by atoms with Crippen LogP contribution < -0.4 is 0 Å². The summed E-state index contributed by atoms with van der Waals surface area (Å²) in [4.78, 5) is 12.3. The summed E-state index contributed by atoms with van der Waals surface area (Å²) in [5.41, 5.74) is -0.317. The van der Waals surface area contributed by atoms with E-state index in [1.54, 1.807) is 0 Å². The monoisotopic (exact) mass is 157 g/mol. The van der Waals surface area contributed by atoms with Crippen molar-refractivity contribution >= 4 is 6.47 Å². The van der Waals surface area contributed by atoms with Gasteiger partial charge in [0.2, 0.25) is 0 Å². The van der Waals surface area contributed by atoms with Crippen molar-refractivity contribution < 1.29 is 9.53 Å². The van der Waals surface area contributed by atoms with E-state index >= 15 is 0 Å². The van der Waals surface area contributed by atoms with Crippen molar-refractivity contribution in [3.05, 3.63) is 0 Å². The van der Waals surface area contributed by atoms with Gasteiger partial charge < -0.3 is 4.74 Å². The summed E-state index contributed by atoms with van der Waals surface area (Å²) in [5, 5.41) is 0. The molecule has 1 heterocycles. The van der Waals surface area contributed by atoms with E-state index in [4.69, 9.17) is 4.74 Å². The Kier molecular flexibility index (Phi) is 2.49. The summed E-state index contributed by atoms with van der Waals surface area (Å²) in [7, 11) is 0. The number of rotatable bonds is 4. The molecule has 1 saturated heterocycles. The highest BCUT2D eigenvalue weighted by Crippen LogP contribution is 2.14. The molecule has 0 radical (unpaired) electrons. The van der Waals surface area contributed by atoms with Crippen LogP contribution in [0.15, 0.2) is 0 Å². The molecule has 1 aliphatic rings. The van der Waals surface area contributed by atoms with Gasteiger partial charge in [-0.1, -0.05) is 0 Å². The number of nitrogens with zero attached hydrogens (tertiary/aromatic N) is 1. The number of carbonyl (C=O) groups excluding carboxylic acids is 1. The maximum Gasteiger partial charge on any atom is 0.293 e.